The minimum Gasteiger partial charge on any atom is -0.467 e. The number of aryl methyl sites for hydroxylation is 1. The van der Waals surface area contributed by atoms with E-state index in [1.165, 1.54) is 0 Å². The summed E-state index contributed by atoms with van der Waals surface area (Å²) >= 11 is 0. The monoisotopic (exact) mass is 308 g/mol. The third-order valence-electron chi connectivity index (χ3n) is 3.17. The molecule has 1 aromatic carbocycles. The van der Waals surface area contributed by atoms with Crippen molar-refractivity contribution in [3.63, 3.8) is 0 Å². The molecule has 0 aliphatic heterocycles. The number of furan rings is 1. The number of anilines is 2. The van der Waals surface area contributed by atoms with Crippen molar-refractivity contribution in [1.29, 1.82) is 0 Å². The van der Waals surface area contributed by atoms with Crippen molar-refractivity contribution in [2.75, 3.05) is 5.32 Å². The number of hydrogen-bond acceptors (Lipinski definition) is 5. The summed E-state index contributed by atoms with van der Waals surface area (Å²) in [5, 5.41) is 5.84. The van der Waals surface area contributed by atoms with Crippen LogP contribution in [0.3, 0.4) is 0 Å². The zero-order valence-electron chi connectivity index (χ0n) is 12.6. The van der Waals surface area contributed by atoms with Crippen LogP contribution in [0.2, 0.25) is 0 Å². The number of nitrogens with one attached hydrogen (secondary N) is 2. The van der Waals surface area contributed by atoms with Crippen molar-refractivity contribution in [3.05, 3.63) is 71.9 Å². The van der Waals surface area contributed by atoms with Crippen LogP contribution in [0.1, 0.15) is 21.8 Å². The van der Waals surface area contributed by atoms with Gasteiger partial charge in [-0.15, -0.1) is 0 Å². The summed E-state index contributed by atoms with van der Waals surface area (Å²) in [6.07, 6.45) is 3.11. The lowest BCUT2D eigenvalue weighted by Gasteiger charge is -2.07. The largest absolute Gasteiger partial charge is 0.467 e. The summed E-state index contributed by atoms with van der Waals surface area (Å²) in [4.78, 5) is 20.5. The van der Waals surface area contributed by atoms with Gasteiger partial charge in [-0.3, -0.25) is 4.79 Å². The summed E-state index contributed by atoms with van der Waals surface area (Å²) in [6.45, 7) is 2.32. The van der Waals surface area contributed by atoms with E-state index in [1.807, 2.05) is 31.2 Å². The number of nitrogens with zero attached hydrogens (tertiary/aromatic N) is 2. The normalized spacial score (nSPS) is 10.3. The molecule has 116 valence electrons. The van der Waals surface area contributed by atoms with Gasteiger partial charge in [0.05, 0.1) is 12.8 Å². The topological polar surface area (TPSA) is 80.0 Å². The molecule has 0 fully saturated rings. The second kappa shape index (κ2) is 6.74. The predicted octanol–water partition coefficient (Wildman–Crippen LogP) is 3.05. The molecular weight excluding hydrogens is 292 g/mol. The molecule has 0 unspecified atom stereocenters. The van der Waals surface area contributed by atoms with Gasteiger partial charge in [0.15, 0.2) is 0 Å². The van der Waals surface area contributed by atoms with Crippen LogP contribution in [-0.2, 0) is 6.54 Å². The van der Waals surface area contributed by atoms with E-state index in [4.69, 9.17) is 4.42 Å². The van der Waals surface area contributed by atoms with Crippen LogP contribution in [0.15, 0.2) is 59.3 Å². The van der Waals surface area contributed by atoms with Crippen molar-refractivity contribution in [1.82, 2.24) is 15.3 Å². The van der Waals surface area contributed by atoms with Crippen molar-refractivity contribution in [3.8, 4) is 0 Å². The number of benzene rings is 1. The van der Waals surface area contributed by atoms with Gasteiger partial charge >= 0.3 is 0 Å². The van der Waals surface area contributed by atoms with Crippen LogP contribution in [0.5, 0.6) is 0 Å². The smallest absolute Gasteiger partial charge is 0.270 e. The van der Waals surface area contributed by atoms with Crippen molar-refractivity contribution >= 4 is 17.5 Å². The predicted molar refractivity (Wildman–Crippen MR) is 86.4 cm³/mol. The van der Waals surface area contributed by atoms with Crippen molar-refractivity contribution in [2.45, 2.75) is 13.5 Å². The summed E-state index contributed by atoms with van der Waals surface area (Å²) in [5.74, 6) is 0.780. The second-order valence-electron chi connectivity index (χ2n) is 5.02. The fourth-order valence-corrected chi connectivity index (χ4v) is 2.07. The standard InChI is InChI=1S/C17H16N4O2/c1-12-4-2-5-13(10-12)20-17-18-8-7-15(21-17)16(22)19-11-14-6-3-9-23-14/h2-10H,11H2,1H3,(H,19,22)(H,18,20,21). The van der Waals surface area contributed by atoms with E-state index in [0.29, 0.717) is 23.9 Å². The molecule has 3 rings (SSSR count). The fourth-order valence-electron chi connectivity index (χ4n) is 2.07. The minimum absolute atomic E-state index is 0.281. The van der Waals surface area contributed by atoms with Gasteiger partial charge in [0.2, 0.25) is 5.95 Å². The van der Waals surface area contributed by atoms with Crippen LogP contribution in [0.25, 0.3) is 0 Å². The number of carbonyl (C=O) groups excluding carboxylic acids is 1. The van der Waals surface area contributed by atoms with Gasteiger partial charge in [-0.1, -0.05) is 12.1 Å². The first-order valence-electron chi connectivity index (χ1n) is 7.18. The summed E-state index contributed by atoms with van der Waals surface area (Å²) in [7, 11) is 0. The van der Waals surface area contributed by atoms with Gasteiger partial charge in [0, 0.05) is 11.9 Å². The molecule has 23 heavy (non-hydrogen) atoms. The van der Waals surface area contributed by atoms with Crippen LogP contribution in [-0.4, -0.2) is 15.9 Å². The molecule has 2 N–H and O–H groups in total. The minimum atomic E-state index is -0.281. The Morgan fingerprint density at radius 3 is 2.91 bits per heavy atom. The van der Waals surface area contributed by atoms with Crippen LogP contribution in [0, 0.1) is 6.92 Å². The molecule has 0 saturated carbocycles. The van der Waals surface area contributed by atoms with Crippen molar-refractivity contribution < 1.29 is 9.21 Å². The first-order chi connectivity index (χ1) is 11.2. The molecule has 0 atom stereocenters. The highest BCUT2D eigenvalue weighted by atomic mass is 16.3. The van der Waals surface area contributed by atoms with E-state index in [9.17, 15) is 4.79 Å². The Hall–Kier alpha value is -3.15. The Balaban J connectivity index is 1.68. The lowest BCUT2D eigenvalue weighted by Crippen LogP contribution is -2.23. The number of carbonyl (C=O) groups is 1. The highest BCUT2D eigenvalue weighted by molar-refractivity contribution is 5.92. The number of aromatic nitrogens is 2. The van der Waals surface area contributed by atoms with E-state index in [2.05, 4.69) is 20.6 Å². The third kappa shape index (κ3) is 3.94. The molecule has 0 saturated heterocycles. The molecule has 2 aromatic heterocycles. The molecule has 0 aliphatic rings. The van der Waals surface area contributed by atoms with Gasteiger partial charge in [0.25, 0.3) is 5.91 Å². The molecule has 1 amide bonds. The lowest BCUT2D eigenvalue weighted by molar-refractivity contribution is 0.0943. The summed E-state index contributed by atoms with van der Waals surface area (Å²) in [5.41, 5.74) is 2.29. The molecule has 6 nitrogen and oxygen atoms in total. The van der Waals surface area contributed by atoms with Gasteiger partial charge in [-0.25, -0.2) is 9.97 Å². The van der Waals surface area contributed by atoms with Crippen LogP contribution in [0.4, 0.5) is 11.6 Å². The van der Waals surface area contributed by atoms with Crippen LogP contribution >= 0.6 is 0 Å². The van der Waals surface area contributed by atoms with E-state index >= 15 is 0 Å². The molecule has 0 spiro atoms. The first kappa shape index (κ1) is 14.8. The van der Waals surface area contributed by atoms with Gasteiger partial charge in [-0.2, -0.15) is 0 Å². The molecule has 3 aromatic rings. The lowest BCUT2D eigenvalue weighted by atomic mass is 10.2. The molecule has 0 radical (unpaired) electrons. The molecule has 6 heteroatoms. The van der Waals surface area contributed by atoms with Gasteiger partial charge in [0.1, 0.15) is 11.5 Å². The summed E-state index contributed by atoms with van der Waals surface area (Å²) < 4.78 is 5.17. The fraction of sp³-hybridized carbons (Fsp3) is 0.118. The Morgan fingerprint density at radius 2 is 2.13 bits per heavy atom. The Labute approximate surface area is 133 Å². The van der Waals surface area contributed by atoms with E-state index in [-0.39, 0.29) is 5.91 Å². The molecule has 2 heterocycles. The average Bonchev–Trinajstić information content (AvgIpc) is 3.06. The Morgan fingerprint density at radius 1 is 1.22 bits per heavy atom. The second-order valence-corrected chi connectivity index (χ2v) is 5.02. The van der Waals surface area contributed by atoms with Crippen molar-refractivity contribution in [2.24, 2.45) is 0 Å². The maximum absolute atomic E-state index is 12.1. The van der Waals surface area contributed by atoms with Crippen LogP contribution < -0.4 is 10.6 Å². The third-order valence-corrected chi connectivity index (χ3v) is 3.17. The number of amides is 1. The molecule has 0 bridgehead atoms. The van der Waals surface area contributed by atoms with E-state index in [1.54, 1.807) is 30.7 Å². The van der Waals surface area contributed by atoms with Gasteiger partial charge in [-0.05, 0) is 42.8 Å². The molecular formula is C17H16N4O2. The average molecular weight is 308 g/mol. The Bertz CT molecular complexity index is 800. The maximum Gasteiger partial charge on any atom is 0.270 e. The SMILES string of the molecule is Cc1cccc(Nc2nccc(C(=O)NCc3ccco3)n2)c1. The first-order valence-corrected chi connectivity index (χ1v) is 7.18. The zero-order valence-corrected chi connectivity index (χ0v) is 12.6. The quantitative estimate of drug-likeness (QED) is 0.757. The van der Waals surface area contributed by atoms with E-state index < -0.39 is 0 Å². The van der Waals surface area contributed by atoms with E-state index in [0.717, 1.165) is 11.3 Å². The number of hydrogen-bond donors (Lipinski definition) is 2. The Kier molecular flexibility index (Phi) is 4.33. The summed E-state index contributed by atoms with van der Waals surface area (Å²) in [6, 6.07) is 13.0. The zero-order chi connectivity index (χ0) is 16.1. The molecule has 0 aliphatic carbocycles. The number of rotatable bonds is 5. The highest BCUT2D eigenvalue weighted by Crippen LogP contribution is 2.14. The highest BCUT2D eigenvalue weighted by Gasteiger charge is 2.09. The van der Waals surface area contributed by atoms with Gasteiger partial charge < -0.3 is 15.1 Å². The maximum atomic E-state index is 12.1.